The molecule has 176 valence electrons. The second-order valence-electron chi connectivity index (χ2n) is 8.20. The first-order valence-corrected chi connectivity index (χ1v) is 12.7. The highest BCUT2D eigenvalue weighted by Gasteiger charge is 2.38. The van der Waals surface area contributed by atoms with E-state index in [2.05, 4.69) is 16.0 Å². The van der Waals surface area contributed by atoms with Gasteiger partial charge in [0.15, 0.2) is 0 Å². The van der Waals surface area contributed by atoms with Gasteiger partial charge in [-0.2, -0.15) is 0 Å². The lowest BCUT2D eigenvalue weighted by Crippen LogP contribution is -2.39. The molecule has 1 saturated carbocycles. The minimum absolute atomic E-state index is 0.224. The maximum Gasteiger partial charge on any atom is 0.323 e. The number of hydrogen-bond donors (Lipinski definition) is 3. The molecule has 10 heteroatoms. The normalized spacial score (nSPS) is 17.9. The quantitative estimate of drug-likeness (QED) is 0.568. The SMILES string of the molecule is CCN(c1cc(Nc2ccc(F)cc2)ccc1C1NC(C2CC2)=CN1C(=O)NC)S(C)(=O)=O. The molecule has 4 rings (SSSR count). The lowest BCUT2D eigenvalue weighted by molar-refractivity contribution is 0.203. The maximum absolute atomic E-state index is 13.3. The summed E-state index contributed by atoms with van der Waals surface area (Å²) in [7, 11) is -2.02. The molecule has 1 aliphatic carbocycles. The molecule has 3 N–H and O–H groups in total. The number of hydrogen-bond acceptors (Lipinski definition) is 5. The molecular weight excluding hydrogens is 445 g/mol. The number of urea groups is 1. The summed E-state index contributed by atoms with van der Waals surface area (Å²) < 4.78 is 39.8. The van der Waals surface area contributed by atoms with Crippen LogP contribution in [0.4, 0.5) is 26.2 Å². The van der Waals surface area contributed by atoms with Crippen molar-refractivity contribution < 1.29 is 17.6 Å². The van der Waals surface area contributed by atoms with Crippen molar-refractivity contribution in [3.05, 3.63) is 65.7 Å². The summed E-state index contributed by atoms with van der Waals surface area (Å²) in [6.07, 6.45) is 4.54. The largest absolute Gasteiger partial charge is 0.363 e. The van der Waals surface area contributed by atoms with Gasteiger partial charge in [-0.15, -0.1) is 0 Å². The smallest absolute Gasteiger partial charge is 0.323 e. The van der Waals surface area contributed by atoms with E-state index in [1.807, 2.05) is 18.3 Å². The number of rotatable bonds is 7. The monoisotopic (exact) mass is 473 g/mol. The van der Waals surface area contributed by atoms with E-state index in [1.54, 1.807) is 37.1 Å². The third-order valence-corrected chi connectivity index (χ3v) is 6.99. The molecule has 0 saturated heterocycles. The maximum atomic E-state index is 13.3. The van der Waals surface area contributed by atoms with Gasteiger partial charge in [-0.3, -0.25) is 9.21 Å². The molecule has 1 heterocycles. The zero-order valence-corrected chi connectivity index (χ0v) is 19.6. The minimum Gasteiger partial charge on any atom is -0.363 e. The summed E-state index contributed by atoms with van der Waals surface area (Å²) in [6, 6.07) is 11.0. The molecular formula is C23H28FN5O3S. The first kappa shape index (κ1) is 22.9. The standard InChI is InChI=1S/C23H28FN5O3S/c1-4-29(33(3,31)32)21-13-18(26-17-9-7-16(24)8-10-17)11-12-19(21)22-27-20(15-5-6-15)14-28(22)23(30)25-2/h7-15,22,26-27H,4-6H2,1-3H3,(H,25,30). The van der Waals surface area contributed by atoms with Crippen LogP contribution < -0.4 is 20.3 Å². The van der Waals surface area contributed by atoms with Gasteiger partial charge in [-0.25, -0.2) is 17.6 Å². The van der Waals surface area contributed by atoms with Crippen LogP contribution in [-0.4, -0.2) is 39.2 Å². The van der Waals surface area contributed by atoms with Crippen LogP contribution in [0, 0.1) is 11.7 Å². The Morgan fingerprint density at radius 3 is 2.42 bits per heavy atom. The molecule has 2 aromatic carbocycles. The third kappa shape index (κ3) is 4.90. The van der Waals surface area contributed by atoms with E-state index >= 15 is 0 Å². The molecule has 0 spiro atoms. The van der Waals surface area contributed by atoms with Gasteiger partial charge in [0.2, 0.25) is 10.0 Å². The van der Waals surface area contributed by atoms with Gasteiger partial charge in [-0.05, 0) is 56.2 Å². The number of nitrogens with zero attached hydrogens (tertiary/aromatic N) is 2. The molecule has 1 atom stereocenters. The molecule has 2 aliphatic rings. The Balaban J connectivity index is 1.76. The van der Waals surface area contributed by atoms with E-state index in [0.717, 1.165) is 24.8 Å². The van der Waals surface area contributed by atoms with Crippen LogP contribution in [0.2, 0.25) is 0 Å². The van der Waals surface area contributed by atoms with E-state index in [0.29, 0.717) is 28.5 Å². The van der Waals surface area contributed by atoms with Gasteiger partial charge in [0.05, 0.1) is 11.9 Å². The zero-order chi connectivity index (χ0) is 23.8. The summed E-state index contributed by atoms with van der Waals surface area (Å²) >= 11 is 0. The Hall–Kier alpha value is -3.27. The molecule has 2 amide bonds. The van der Waals surface area contributed by atoms with Crippen molar-refractivity contribution >= 4 is 33.1 Å². The molecule has 2 aromatic rings. The van der Waals surface area contributed by atoms with Crippen molar-refractivity contribution in [3.63, 3.8) is 0 Å². The van der Waals surface area contributed by atoms with Crippen molar-refractivity contribution in [2.75, 3.05) is 29.5 Å². The zero-order valence-electron chi connectivity index (χ0n) is 18.8. The van der Waals surface area contributed by atoms with E-state index in [9.17, 15) is 17.6 Å². The summed E-state index contributed by atoms with van der Waals surface area (Å²) in [5.41, 5.74) is 3.40. The second kappa shape index (κ2) is 8.93. The van der Waals surface area contributed by atoms with Crippen LogP contribution in [0.3, 0.4) is 0 Å². The number of halogens is 1. The lowest BCUT2D eigenvalue weighted by atomic mass is 10.1. The van der Waals surface area contributed by atoms with Crippen LogP contribution in [-0.2, 0) is 10.0 Å². The summed E-state index contributed by atoms with van der Waals surface area (Å²) in [5, 5.41) is 9.27. The Morgan fingerprint density at radius 2 is 1.85 bits per heavy atom. The van der Waals surface area contributed by atoms with E-state index < -0.39 is 16.2 Å². The topological polar surface area (TPSA) is 93.8 Å². The Labute approximate surface area is 193 Å². The molecule has 8 nitrogen and oxygen atoms in total. The fourth-order valence-electron chi connectivity index (χ4n) is 3.99. The minimum atomic E-state index is -3.58. The summed E-state index contributed by atoms with van der Waals surface area (Å²) in [5.74, 6) is 0.0496. The molecule has 1 fully saturated rings. The summed E-state index contributed by atoms with van der Waals surface area (Å²) in [6.45, 7) is 1.98. The highest BCUT2D eigenvalue weighted by Crippen LogP contribution is 2.42. The Morgan fingerprint density at radius 1 is 1.18 bits per heavy atom. The van der Waals surface area contributed by atoms with E-state index in [1.165, 1.54) is 16.4 Å². The Bertz CT molecular complexity index is 1180. The van der Waals surface area contributed by atoms with Crippen molar-refractivity contribution in [3.8, 4) is 0 Å². The molecule has 0 radical (unpaired) electrons. The predicted octanol–water partition coefficient (Wildman–Crippen LogP) is 3.85. The number of carbonyl (C=O) groups is 1. The van der Waals surface area contributed by atoms with Gasteiger partial charge in [0.1, 0.15) is 12.0 Å². The number of benzene rings is 2. The number of anilines is 3. The van der Waals surface area contributed by atoms with Gasteiger partial charge >= 0.3 is 6.03 Å². The fraction of sp³-hybridized carbons (Fsp3) is 0.348. The predicted molar refractivity (Wildman–Crippen MR) is 127 cm³/mol. The van der Waals surface area contributed by atoms with Crippen molar-refractivity contribution in [1.82, 2.24) is 15.5 Å². The van der Waals surface area contributed by atoms with Crippen LogP contribution in [0.5, 0.6) is 0 Å². The fourth-order valence-corrected chi connectivity index (χ4v) is 4.98. The van der Waals surface area contributed by atoms with E-state index in [-0.39, 0.29) is 18.4 Å². The second-order valence-corrected chi connectivity index (χ2v) is 10.1. The van der Waals surface area contributed by atoms with Gasteiger partial charge in [-0.1, -0.05) is 6.07 Å². The van der Waals surface area contributed by atoms with Crippen molar-refractivity contribution in [2.45, 2.75) is 25.9 Å². The first-order valence-electron chi connectivity index (χ1n) is 10.8. The van der Waals surface area contributed by atoms with Crippen LogP contribution >= 0.6 is 0 Å². The summed E-state index contributed by atoms with van der Waals surface area (Å²) in [4.78, 5) is 14.2. The molecule has 0 bridgehead atoms. The average molecular weight is 474 g/mol. The van der Waals surface area contributed by atoms with Crippen LogP contribution in [0.15, 0.2) is 54.4 Å². The molecule has 0 aromatic heterocycles. The number of allylic oxidation sites excluding steroid dienone is 1. The lowest BCUT2D eigenvalue weighted by Gasteiger charge is -2.30. The van der Waals surface area contributed by atoms with Gasteiger partial charge in [0.25, 0.3) is 0 Å². The van der Waals surface area contributed by atoms with Crippen molar-refractivity contribution in [1.29, 1.82) is 0 Å². The van der Waals surface area contributed by atoms with Gasteiger partial charge in [0, 0.05) is 48.3 Å². The molecule has 1 unspecified atom stereocenters. The van der Waals surface area contributed by atoms with Crippen LogP contribution in [0.25, 0.3) is 0 Å². The van der Waals surface area contributed by atoms with Gasteiger partial charge < -0.3 is 16.0 Å². The number of nitrogens with one attached hydrogen (secondary N) is 3. The van der Waals surface area contributed by atoms with Crippen LogP contribution in [0.1, 0.15) is 31.5 Å². The molecule has 33 heavy (non-hydrogen) atoms. The first-order chi connectivity index (χ1) is 15.7. The number of carbonyl (C=O) groups excluding carboxylic acids is 1. The third-order valence-electron chi connectivity index (χ3n) is 5.74. The molecule has 1 aliphatic heterocycles. The highest BCUT2D eigenvalue weighted by molar-refractivity contribution is 7.92. The van der Waals surface area contributed by atoms with E-state index in [4.69, 9.17) is 0 Å². The Kier molecular flexibility index (Phi) is 6.20. The number of amides is 2. The highest BCUT2D eigenvalue weighted by atomic mass is 32.2. The van der Waals surface area contributed by atoms with Crippen molar-refractivity contribution in [2.24, 2.45) is 5.92 Å². The average Bonchev–Trinajstić information content (AvgIpc) is 3.53. The number of sulfonamides is 1.